The van der Waals surface area contributed by atoms with Crippen LogP contribution in [0.4, 0.5) is 0 Å². The van der Waals surface area contributed by atoms with Gasteiger partial charge in [-0.3, -0.25) is 10.1 Å². The highest BCUT2D eigenvalue weighted by Gasteiger charge is 2.10. The number of nitrogens with one attached hydrogen (secondary N) is 2. The molecule has 2 N–H and O–H groups in total. The number of amides is 1. The van der Waals surface area contributed by atoms with Gasteiger partial charge in [-0.25, -0.2) is 0 Å². The lowest BCUT2D eigenvalue weighted by molar-refractivity contribution is -0.119. The first-order chi connectivity index (χ1) is 6.10. The maximum absolute atomic E-state index is 10.8. The molecule has 0 bridgehead atoms. The molecule has 0 aliphatic rings. The third kappa shape index (κ3) is 6.90. The molecular weight excluding hydrogens is 184 g/mol. The Morgan fingerprint density at radius 3 is 2.54 bits per heavy atom. The molecule has 0 aliphatic heterocycles. The highest BCUT2D eigenvalue weighted by Crippen LogP contribution is 2.03. The van der Waals surface area contributed by atoms with Crippen molar-refractivity contribution in [1.29, 1.82) is 0 Å². The van der Waals surface area contributed by atoms with E-state index in [2.05, 4.69) is 24.5 Å². The number of rotatable bonds is 6. The molecule has 13 heavy (non-hydrogen) atoms. The second-order valence-electron chi connectivity index (χ2n) is 3.17. The SMILES string of the molecule is CCCC(C)NC(NC(C)=O)SC. The lowest BCUT2D eigenvalue weighted by Crippen LogP contribution is -2.45. The smallest absolute Gasteiger partial charge is 0.218 e. The summed E-state index contributed by atoms with van der Waals surface area (Å²) in [5, 5.41) is 6.16. The van der Waals surface area contributed by atoms with Gasteiger partial charge in [0.1, 0.15) is 5.50 Å². The molecule has 0 radical (unpaired) electrons. The van der Waals surface area contributed by atoms with Crippen LogP contribution in [0.15, 0.2) is 0 Å². The van der Waals surface area contributed by atoms with E-state index >= 15 is 0 Å². The highest BCUT2D eigenvalue weighted by atomic mass is 32.2. The molecule has 0 fully saturated rings. The highest BCUT2D eigenvalue weighted by molar-refractivity contribution is 7.99. The second-order valence-corrected chi connectivity index (χ2v) is 4.12. The minimum absolute atomic E-state index is 0.00977. The minimum Gasteiger partial charge on any atom is -0.332 e. The Balaban J connectivity index is 3.75. The zero-order chi connectivity index (χ0) is 10.3. The number of hydrogen-bond acceptors (Lipinski definition) is 3. The average Bonchev–Trinajstić information content (AvgIpc) is 2.02. The summed E-state index contributed by atoms with van der Waals surface area (Å²) in [7, 11) is 0. The van der Waals surface area contributed by atoms with Crippen LogP contribution in [-0.2, 0) is 4.79 Å². The number of thioether (sulfide) groups is 1. The van der Waals surface area contributed by atoms with Crippen molar-refractivity contribution in [2.75, 3.05) is 6.26 Å². The Bertz CT molecular complexity index is 153. The normalized spacial score (nSPS) is 15.1. The average molecular weight is 204 g/mol. The lowest BCUT2D eigenvalue weighted by atomic mass is 10.2. The molecule has 3 nitrogen and oxygen atoms in total. The number of carbonyl (C=O) groups is 1. The van der Waals surface area contributed by atoms with Gasteiger partial charge in [0.25, 0.3) is 0 Å². The third-order valence-electron chi connectivity index (χ3n) is 1.73. The van der Waals surface area contributed by atoms with Crippen LogP contribution in [-0.4, -0.2) is 23.7 Å². The van der Waals surface area contributed by atoms with Gasteiger partial charge in [0.05, 0.1) is 0 Å². The Kier molecular flexibility index (Phi) is 7.09. The Morgan fingerprint density at radius 1 is 1.54 bits per heavy atom. The van der Waals surface area contributed by atoms with Crippen LogP contribution in [0, 0.1) is 0 Å². The molecule has 0 aromatic carbocycles. The predicted molar refractivity (Wildman–Crippen MR) is 58.6 cm³/mol. The zero-order valence-electron chi connectivity index (χ0n) is 8.89. The van der Waals surface area contributed by atoms with Crippen LogP contribution in [0.2, 0.25) is 0 Å². The monoisotopic (exact) mass is 204 g/mol. The van der Waals surface area contributed by atoms with Crippen LogP contribution >= 0.6 is 11.8 Å². The van der Waals surface area contributed by atoms with Crippen LogP contribution in [0.25, 0.3) is 0 Å². The molecule has 4 heteroatoms. The van der Waals surface area contributed by atoms with Crippen molar-refractivity contribution >= 4 is 17.7 Å². The quantitative estimate of drug-likeness (QED) is 0.645. The molecule has 2 atom stereocenters. The predicted octanol–water partition coefficient (Wildman–Crippen LogP) is 1.55. The van der Waals surface area contributed by atoms with Crippen molar-refractivity contribution in [3.05, 3.63) is 0 Å². The van der Waals surface area contributed by atoms with E-state index in [4.69, 9.17) is 0 Å². The van der Waals surface area contributed by atoms with Gasteiger partial charge in [-0.05, 0) is 19.6 Å². The van der Waals surface area contributed by atoms with E-state index in [1.54, 1.807) is 11.8 Å². The molecule has 1 amide bonds. The fourth-order valence-corrected chi connectivity index (χ4v) is 1.78. The molecule has 0 aliphatic carbocycles. The first kappa shape index (κ1) is 12.8. The molecule has 0 aromatic rings. The molecule has 0 spiro atoms. The summed E-state index contributed by atoms with van der Waals surface area (Å²) in [5.74, 6) is 0.00977. The maximum atomic E-state index is 10.8. The fourth-order valence-electron chi connectivity index (χ4n) is 1.13. The Morgan fingerprint density at radius 2 is 2.15 bits per heavy atom. The first-order valence-corrected chi connectivity index (χ1v) is 5.94. The van der Waals surface area contributed by atoms with E-state index in [0.29, 0.717) is 6.04 Å². The molecule has 2 unspecified atom stereocenters. The number of carbonyl (C=O) groups excluding carboxylic acids is 1. The minimum atomic E-state index is 0.00977. The summed E-state index contributed by atoms with van der Waals surface area (Å²) in [5.41, 5.74) is 0.0408. The zero-order valence-corrected chi connectivity index (χ0v) is 9.70. The molecule has 0 heterocycles. The van der Waals surface area contributed by atoms with Crippen molar-refractivity contribution in [3.8, 4) is 0 Å². The van der Waals surface area contributed by atoms with Crippen molar-refractivity contribution in [2.24, 2.45) is 0 Å². The second kappa shape index (κ2) is 7.21. The van der Waals surface area contributed by atoms with Crippen molar-refractivity contribution < 1.29 is 4.79 Å². The van der Waals surface area contributed by atoms with Crippen LogP contribution in [0.1, 0.15) is 33.6 Å². The summed E-state index contributed by atoms with van der Waals surface area (Å²) >= 11 is 1.61. The summed E-state index contributed by atoms with van der Waals surface area (Å²) in [6.07, 6.45) is 4.28. The van der Waals surface area contributed by atoms with Gasteiger partial charge in [-0.2, -0.15) is 0 Å². The van der Waals surface area contributed by atoms with Gasteiger partial charge in [0, 0.05) is 13.0 Å². The maximum Gasteiger partial charge on any atom is 0.218 e. The van der Waals surface area contributed by atoms with E-state index < -0.39 is 0 Å². The van der Waals surface area contributed by atoms with Gasteiger partial charge in [0.15, 0.2) is 0 Å². The van der Waals surface area contributed by atoms with Crippen molar-refractivity contribution in [3.63, 3.8) is 0 Å². The largest absolute Gasteiger partial charge is 0.332 e. The molecule has 0 saturated heterocycles. The van der Waals surface area contributed by atoms with Crippen molar-refractivity contribution in [1.82, 2.24) is 10.6 Å². The standard InChI is InChI=1S/C9H20N2OS/c1-5-6-7(2)10-9(13-4)11-8(3)12/h7,9-10H,5-6H2,1-4H3,(H,11,12). The molecule has 0 rings (SSSR count). The lowest BCUT2D eigenvalue weighted by Gasteiger charge is -2.21. The summed E-state index contributed by atoms with van der Waals surface area (Å²) in [4.78, 5) is 10.8. The van der Waals surface area contributed by atoms with Crippen LogP contribution < -0.4 is 10.6 Å². The van der Waals surface area contributed by atoms with Gasteiger partial charge in [-0.1, -0.05) is 13.3 Å². The molecule has 0 aromatic heterocycles. The van der Waals surface area contributed by atoms with Gasteiger partial charge in [0.2, 0.25) is 5.91 Å². The van der Waals surface area contributed by atoms with E-state index in [-0.39, 0.29) is 11.4 Å². The van der Waals surface area contributed by atoms with Gasteiger partial charge < -0.3 is 5.32 Å². The molecule has 0 saturated carbocycles. The third-order valence-corrected chi connectivity index (χ3v) is 2.45. The Labute approximate surface area is 85.0 Å². The summed E-state index contributed by atoms with van der Waals surface area (Å²) < 4.78 is 0. The Hall–Kier alpha value is -0.220. The number of hydrogen-bond donors (Lipinski definition) is 2. The van der Waals surface area contributed by atoms with E-state index in [9.17, 15) is 4.79 Å². The van der Waals surface area contributed by atoms with Gasteiger partial charge in [-0.15, -0.1) is 11.8 Å². The van der Waals surface area contributed by atoms with Crippen LogP contribution in [0.3, 0.4) is 0 Å². The van der Waals surface area contributed by atoms with E-state index in [1.807, 2.05) is 6.26 Å². The van der Waals surface area contributed by atoms with Crippen LogP contribution in [0.5, 0.6) is 0 Å². The summed E-state index contributed by atoms with van der Waals surface area (Å²) in [6.45, 7) is 5.83. The first-order valence-electron chi connectivity index (χ1n) is 4.66. The fraction of sp³-hybridized carbons (Fsp3) is 0.889. The molecular formula is C9H20N2OS. The van der Waals surface area contributed by atoms with E-state index in [0.717, 1.165) is 12.8 Å². The topological polar surface area (TPSA) is 41.1 Å². The molecule has 78 valence electrons. The summed E-state index contributed by atoms with van der Waals surface area (Å²) in [6, 6.07) is 0.453. The van der Waals surface area contributed by atoms with Gasteiger partial charge >= 0.3 is 0 Å². The van der Waals surface area contributed by atoms with Crippen molar-refractivity contribution in [2.45, 2.75) is 45.2 Å². The van der Waals surface area contributed by atoms with E-state index in [1.165, 1.54) is 6.92 Å².